The number of rotatable bonds is 6. The lowest BCUT2D eigenvalue weighted by molar-refractivity contribution is 0.0952. The van der Waals surface area contributed by atoms with Crippen LogP contribution in [0.1, 0.15) is 31.8 Å². The number of amides is 1. The average Bonchev–Trinajstić information content (AvgIpc) is 3.17. The highest BCUT2D eigenvalue weighted by atomic mass is 32.1. The second-order valence-electron chi connectivity index (χ2n) is 5.60. The Labute approximate surface area is 145 Å². The number of carbonyl (C=O) groups is 1. The van der Waals surface area contributed by atoms with E-state index in [4.69, 9.17) is 0 Å². The summed E-state index contributed by atoms with van der Waals surface area (Å²) in [6.45, 7) is 5.02. The highest BCUT2D eigenvalue weighted by Gasteiger charge is 2.14. The van der Waals surface area contributed by atoms with Crippen molar-refractivity contribution in [1.29, 1.82) is 0 Å². The maximum atomic E-state index is 12.3. The van der Waals surface area contributed by atoms with Crippen LogP contribution in [0.5, 0.6) is 0 Å². The lowest BCUT2D eigenvalue weighted by atomic mass is 10.1. The molecule has 0 radical (unpaired) electrons. The van der Waals surface area contributed by atoms with Gasteiger partial charge in [0.1, 0.15) is 10.7 Å². The Morgan fingerprint density at radius 3 is 2.75 bits per heavy atom. The summed E-state index contributed by atoms with van der Waals surface area (Å²) in [6.07, 6.45) is 4.66. The minimum atomic E-state index is -0.0873. The Kier molecular flexibility index (Phi) is 5.05. The van der Waals surface area contributed by atoms with Crippen LogP contribution in [0.15, 0.2) is 42.7 Å². The smallest absolute Gasteiger partial charge is 0.263 e. The second kappa shape index (κ2) is 7.40. The van der Waals surface area contributed by atoms with E-state index in [1.165, 1.54) is 16.9 Å². The summed E-state index contributed by atoms with van der Waals surface area (Å²) in [5.41, 5.74) is 2.07. The first-order valence-corrected chi connectivity index (χ1v) is 8.71. The van der Waals surface area contributed by atoms with Gasteiger partial charge in [-0.2, -0.15) is 0 Å². The van der Waals surface area contributed by atoms with Crippen LogP contribution in [0.4, 0.5) is 0 Å². The summed E-state index contributed by atoms with van der Waals surface area (Å²) in [6, 6.07) is 10.3. The molecule has 124 valence electrons. The quantitative estimate of drug-likeness (QED) is 0.750. The lowest BCUT2D eigenvalue weighted by Gasteiger charge is -2.09. The molecule has 6 heteroatoms. The summed E-state index contributed by atoms with van der Waals surface area (Å²) in [5, 5.41) is 3.85. The summed E-state index contributed by atoms with van der Waals surface area (Å²) in [4.78, 5) is 21.6. The molecule has 24 heavy (non-hydrogen) atoms. The van der Waals surface area contributed by atoms with Gasteiger partial charge in [0.25, 0.3) is 5.91 Å². The molecule has 1 aromatic carbocycles. The first-order chi connectivity index (χ1) is 11.6. The number of hydrogen-bond donors (Lipinski definition) is 1. The molecule has 3 rings (SSSR count). The Bertz CT molecular complexity index is 823. The van der Waals surface area contributed by atoms with E-state index in [0.29, 0.717) is 11.4 Å². The molecule has 0 aliphatic carbocycles. The normalized spacial score (nSPS) is 10.8. The van der Waals surface area contributed by atoms with E-state index in [-0.39, 0.29) is 5.91 Å². The fourth-order valence-electron chi connectivity index (χ4n) is 2.59. The summed E-state index contributed by atoms with van der Waals surface area (Å²) < 4.78 is 2.08. The summed E-state index contributed by atoms with van der Waals surface area (Å²) >= 11 is 1.42. The SMILES string of the molecule is Cc1nc(C)c(C(=O)NCc2nccn2CCc2ccccc2)s1. The van der Waals surface area contributed by atoms with Crippen LogP contribution >= 0.6 is 11.3 Å². The number of hydrogen-bond acceptors (Lipinski definition) is 4. The Balaban J connectivity index is 1.59. The third kappa shape index (κ3) is 3.89. The van der Waals surface area contributed by atoms with Crippen LogP contribution in [0.3, 0.4) is 0 Å². The zero-order chi connectivity index (χ0) is 16.9. The van der Waals surface area contributed by atoms with Gasteiger partial charge >= 0.3 is 0 Å². The molecular formula is C18H20N4OS. The van der Waals surface area contributed by atoms with Gasteiger partial charge in [-0.1, -0.05) is 30.3 Å². The van der Waals surface area contributed by atoms with Gasteiger partial charge in [0.05, 0.1) is 17.2 Å². The zero-order valence-electron chi connectivity index (χ0n) is 13.8. The maximum absolute atomic E-state index is 12.3. The number of nitrogens with one attached hydrogen (secondary N) is 1. The van der Waals surface area contributed by atoms with Gasteiger partial charge in [-0.25, -0.2) is 9.97 Å². The van der Waals surface area contributed by atoms with E-state index >= 15 is 0 Å². The van der Waals surface area contributed by atoms with E-state index in [1.54, 1.807) is 6.20 Å². The van der Waals surface area contributed by atoms with E-state index in [0.717, 1.165) is 29.5 Å². The van der Waals surface area contributed by atoms with Crippen LogP contribution in [0, 0.1) is 13.8 Å². The van der Waals surface area contributed by atoms with Crippen LogP contribution < -0.4 is 5.32 Å². The van der Waals surface area contributed by atoms with Crippen molar-refractivity contribution in [3.8, 4) is 0 Å². The molecule has 0 bridgehead atoms. The summed E-state index contributed by atoms with van der Waals surface area (Å²) in [5.74, 6) is 0.772. The molecule has 5 nitrogen and oxygen atoms in total. The molecule has 2 heterocycles. The third-order valence-electron chi connectivity index (χ3n) is 3.80. The van der Waals surface area contributed by atoms with Crippen molar-refractivity contribution >= 4 is 17.2 Å². The fourth-order valence-corrected chi connectivity index (χ4v) is 3.42. The van der Waals surface area contributed by atoms with Gasteiger partial charge < -0.3 is 9.88 Å². The molecule has 0 saturated heterocycles. The van der Waals surface area contributed by atoms with E-state index < -0.39 is 0 Å². The van der Waals surface area contributed by atoms with E-state index in [1.807, 2.05) is 38.2 Å². The molecular weight excluding hydrogens is 320 g/mol. The predicted molar refractivity (Wildman–Crippen MR) is 95.1 cm³/mol. The van der Waals surface area contributed by atoms with E-state index in [2.05, 4.69) is 32.0 Å². The van der Waals surface area contributed by atoms with Gasteiger partial charge in [0.15, 0.2) is 0 Å². The predicted octanol–water partition coefficient (Wildman–Crippen LogP) is 3.13. The van der Waals surface area contributed by atoms with Crippen molar-refractivity contribution in [3.05, 3.63) is 69.7 Å². The van der Waals surface area contributed by atoms with Crippen molar-refractivity contribution in [2.45, 2.75) is 33.4 Å². The molecule has 3 aromatic rings. The number of benzene rings is 1. The minimum absolute atomic E-state index is 0.0873. The molecule has 0 spiro atoms. The van der Waals surface area contributed by atoms with Crippen molar-refractivity contribution in [2.24, 2.45) is 0 Å². The number of carbonyl (C=O) groups excluding carboxylic acids is 1. The van der Waals surface area contributed by atoms with Gasteiger partial charge in [0.2, 0.25) is 0 Å². The number of imidazole rings is 1. The highest BCUT2D eigenvalue weighted by Crippen LogP contribution is 2.16. The van der Waals surface area contributed by atoms with Gasteiger partial charge in [-0.15, -0.1) is 11.3 Å². The molecule has 1 N–H and O–H groups in total. The Morgan fingerprint density at radius 2 is 2.04 bits per heavy atom. The number of nitrogens with zero attached hydrogens (tertiary/aromatic N) is 3. The van der Waals surface area contributed by atoms with Crippen molar-refractivity contribution in [2.75, 3.05) is 0 Å². The zero-order valence-corrected chi connectivity index (χ0v) is 14.6. The minimum Gasteiger partial charge on any atom is -0.344 e. The topological polar surface area (TPSA) is 59.8 Å². The van der Waals surface area contributed by atoms with Gasteiger partial charge in [-0.05, 0) is 25.8 Å². The number of thiazole rings is 1. The van der Waals surface area contributed by atoms with Gasteiger partial charge in [-0.3, -0.25) is 4.79 Å². The van der Waals surface area contributed by atoms with Gasteiger partial charge in [0, 0.05) is 18.9 Å². The standard InChI is InChI=1S/C18H20N4OS/c1-13-17(24-14(2)21-13)18(23)20-12-16-19-9-11-22(16)10-8-15-6-4-3-5-7-15/h3-7,9,11H,8,10,12H2,1-2H3,(H,20,23). The molecule has 0 saturated carbocycles. The maximum Gasteiger partial charge on any atom is 0.263 e. The molecule has 0 aliphatic heterocycles. The molecule has 0 fully saturated rings. The number of aromatic nitrogens is 3. The van der Waals surface area contributed by atoms with E-state index in [9.17, 15) is 4.79 Å². The molecule has 0 aliphatic rings. The monoisotopic (exact) mass is 340 g/mol. The van der Waals surface area contributed by atoms with Crippen LogP contribution in [0.2, 0.25) is 0 Å². The largest absolute Gasteiger partial charge is 0.344 e. The highest BCUT2D eigenvalue weighted by molar-refractivity contribution is 7.13. The van der Waals surface area contributed by atoms with Crippen LogP contribution in [0.25, 0.3) is 0 Å². The lowest BCUT2D eigenvalue weighted by Crippen LogP contribution is -2.24. The summed E-state index contributed by atoms with van der Waals surface area (Å²) in [7, 11) is 0. The Morgan fingerprint density at radius 1 is 1.25 bits per heavy atom. The van der Waals surface area contributed by atoms with Crippen molar-refractivity contribution in [1.82, 2.24) is 19.9 Å². The Hall–Kier alpha value is -2.47. The molecule has 0 atom stereocenters. The van der Waals surface area contributed by atoms with Crippen LogP contribution in [-0.2, 0) is 19.5 Å². The first-order valence-electron chi connectivity index (χ1n) is 7.89. The van der Waals surface area contributed by atoms with Crippen molar-refractivity contribution < 1.29 is 4.79 Å². The third-order valence-corrected chi connectivity index (χ3v) is 4.87. The molecule has 0 unspecified atom stereocenters. The number of aryl methyl sites for hydroxylation is 4. The fraction of sp³-hybridized carbons (Fsp3) is 0.278. The molecule has 1 amide bonds. The molecule has 2 aromatic heterocycles. The second-order valence-corrected chi connectivity index (χ2v) is 6.81. The average molecular weight is 340 g/mol. The van der Waals surface area contributed by atoms with Crippen molar-refractivity contribution in [3.63, 3.8) is 0 Å². The van der Waals surface area contributed by atoms with Crippen LogP contribution in [-0.4, -0.2) is 20.4 Å². The first kappa shape index (κ1) is 16.4.